The van der Waals surface area contributed by atoms with Gasteiger partial charge in [-0.2, -0.15) is 0 Å². The molecule has 0 unspecified atom stereocenters. The topological polar surface area (TPSA) is 43.4 Å². The monoisotopic (exact) mass is 332 g/mol. The van der Waals surface area contributed by atoms with Crippen LogP contribution in [0.3, 0.4) is 0 Å². The van der Waals surface area contributed by atoms with Crippen molar-refractivity contribution in [2.45, 2.75) is 19.8 Å². The molecule has 3 nitrogen and oxygen atoms in total. The van der Waals surface area contributed by atoms with Gasteiger partial charge in [0, 0.05) is 11.1 Å². The normalized spacial score (nSPS) is 10.6. The summed E-state index contributed by atoms with van der Waals surface area (Å²) in [6.45, 7) is 2.40. The van der Waals surface area contributed by atoms with E-state index in [-0.39, 0.29) is 5.78 Å². The second-order valence-electron chi connectivity index (χ2n) is 5.89. The molecule has 3 aromatic carbocycles. The van der Waals surface area contributed by atoms with E-state index in [1.165, 1.54) is 0 Å². The fourth-order valence-corrected chi connectivity index (χ4v) is 2.81. The molecule has 0 aliphatic rings. The Labute approximate surface area is 147 Å². The van der Waals surface area contributed by atoms with Gasteiger partial charge in [-0.3, -0.25) is 4.79 Å². The van der Waals surface area contributed by atoms with E-state index in [4.69, 9.17) is 4.74 Å². The molecule has 0 spiro atoms. The second kappa shape index (κ2) is 7.75. The maximum Gasteiger partial charge on any atom is 0.338 e. The highest BCUT2D eigenvalue weighted by atomic mass is 16.5. The smallest absolute Gasteiger partial charge is 0.338 e. The van der Waals surface area contributed by atoms with Crippen molar-refractivity contribution >= 4 is 22.5 Å². The second-order valence-corrected chi connectivity index (χ2v) is 5.89. The molecular weight excluding hydrogens is 312 g/mol. The van der Waals surface area contributed by atoms with Crippen LogP contribution in [0.2, 0.25) is 0 Å². The number of hydrogen-bond acceptors (Lipinski definition) is 3. The zero-order valence-electron chi connectivity index (χ0n) is 14.2. The minimum atomic E-state index is -0.446. The van der Waals surface area contributed by atoms with Crippen LogP contribution < -0.4 is 0 Å². The lowest BCUT2D eigenvalue weighted by Crippen LogP contribution is -2.14. The van der Waals surface area contributed by atoms with Crippen molar-refractivity contribution in [1.82, 2.24) is 0 Å². The number of ketones is 1. The third kappa shape index (κ3) is 3.61. The summed E-state index contributed by atoms with van der Waals surface area (Å²) in [5.41, 5.74) is 1.29. The quantitative estimate of drug-likeness (QED) is 0.361. The fraction of sp³-hybridized carbons (Fsp3) is 0.182. The molecule has 3 heteroatoms. The molecule has 3 aromatic rings. The minimum Gasteiger partial charge on any atom is -0.462 e. The van der Waals surface area contributed by atoms with E-state index < -0.39 is 5.97 Å². The number of unbranched alkanes of at least 4 members (excludes halogenated alkanes) is 1. The molecule has 0 radical (unpaired) electrons. The van der Waals surface area contributed by atoms with Gasteiger partial charge in [0.25, 0.3) is 0 Å². The Morgan fingerprint density at radius 3 is 2.36 bits per heavy atom. The molecule has 0 saturated carbocycles. The van der Waals surface area contributed by atoms with Crippen molar-refractivity contribution < 1.29 is 14.3 Å². The van der Waals surface area contributed by atoms with Crippen molar-refractivity contribution in [3.63, 3.8) is 0 Å². The highest BCUT2D eigenvalue weighted by molar-refractivity contribution is 6.21. The third-order valence-corrected chi connectivity index (χ3v) is 4.14. The molecule has 25 heavy (non-hydrogen) atoms. The van der Waals surface area contributed by atoms with Gasteiger partial charge in [-0.05, 0) is 23.3 Å². The lowest BCUT2D eigenvalue weighted by Gasteiger charge is -2.12. The van der Waals surface area contributed by atoms with Crippen LogP contribution in [-0.2, 0) is 4.74 Å². The van der Waals surface area contributed by atoms with E-state index in [2.05, 4.69) is 0 Å². The van der Waals surface area contributed by atoms with Crippen molar-refractivity contribution in [1.29, 1.82) is 0 Å². The van der Waals surface area contributed by atoms with Crippen LogP contribution in [0.4, 0.5) is 0 Å². The van der Waals surface area contributed by atoms with Crippen LogP contribution in [0.5, 0.6) is 0 Å². The minimum absolute atomic E-state index is 0.167. The van der Waals surface area contributed by atoms with Crippen LogP contribution in [-0.4, -0.2) is 18.4 Å². The number of benzene rings is 3. The summed E-state index contributed by atoms with van der Waals surface area (Å²) in [6, 6.07) is 20.1. The maximum atomic E-state index is 13.1. The third-order valence-electron chi connectivity index (χ3n) is 4.14. The number of hydrogen-bond donors (Lipinski definition) is 0. The number of ether oxygens (including phenoxy) is 1. The standard InChI is InChI=1S/C22H20O3/c1-2-3-15-25-22(24)19-14-13-16-9-7-8-12-18(16)20(19)21(23)17-10-5-4-6-11-17/h4-14H,2-3,15H2,1H3. The Morgan fingerprint density at radius 1 is 0.880 bits per heavy atom. The van der Waals surface area contributed by atoms with Crippen LogP contribution in [0.1, 0.15) is 46.0 Å². The summed E-state index contributed by atoms with van der Waals surface area (Å²) in [5.74, 6) is -0.613. The number of fused-ring (bicyclic) bond motifs is 1. The SMILES string of the molecule is CCCCOC(=O)c1ccc2ccccc2c1C(=O)c1ccccc1. The summed E-state index contributed by atoms with van der Waals surface area (Å²) >= 11 is 0. The van der Waals surface area contributed by atoms with Crippen LogP contribution in [0.15, 0.2) is 66.7 Å². The molecule has 126 valence electrons. The molecule has 0 aliphatic heterocycles. The summed E-state index contributed by atoms with van der Waals surface area (Å²) in [5, 5.41) is 1.69. The van der Waals surface area contributed by atoms with E-state index in [1.807, 2.05) is 55.5 Å². The van der Waals surface area contributed by atoms with Gasteiger partial charge in [0.05, 0.1) is 12.2 Å². The van der Waals surface area contributed by atoms with E-state index in [0.29, 0.717) is 23.3 Å². The summed E-state index contributed by atoms with van der Waals surface area (Å²) < 4.78 is 5.35. The highest BCUT2D eigenvalue weighted by Gasteiger charge is 2.22. The van der Waals surface area contributed by atoms with Gasteiger partial charge in [-0.25, -0.2) is 4.79 Å². The van der Waals surface area contributed by atoms with E-state index in [1.54, 1.807) is 18.2 Å². The largest absolute Gasteiger partial charge is 0.462 e. The molecular formula is C22H20O3. The molecule has 0 bridgehead atoms. The molecule has 0 aromatic heterocycles. The predicted molar refractivity (Wildman–Crippen MR) is 99.0 cm³/mol. The maximum absolute atomic E-state index is 13.1. The summed E-state index contributed by atoms with van der Waals surface area (Å²) in [7, 11) is 0. The first-order valence-electron chi connectivity index (χ1n) is 8.51. The molecule has 0 heterocycles. The average Bonchev–Trinajstić information content (AvgIpc) is 2.67. The van der Waals surface area contributed by atoms with Crippen molar-refractivity contribution in [2.75, 3.05) is 6.61 Å². The van der Waals surface area contributed by atoms with Crippen LogP contribution in [0.25, 0.3) is 10.8 Å². The summed E-state index contributed by atoms with van der Waals surface area (Å²) in [6.07, 6.45) is 1.75. The van der Waals surface area contributed by atoms with Gasteiger partial charge in [-0.15, -0.1) is 0 Å². The highest BCUT2D eigenvalue weighted by Crippen LogP contribution is 2.26. The van der Waals surface area contributed by atoms with Crippen LogP contribution in [0, 0.1) is 0 Å². The average molecular weight is 332 g/mol. The van der Waals surface area contributed by atoms with Gasteiger partial charge < -0.3 is 4.74 Å². The molecule has 0 atom stereocenters. The Balaban J connectivity index is 2.11. The van der Waals surface area contributed by atoms with E-state index in [9.17, 15) is 9.59 Å². The number of rotatable bonds is 6. The fourth-order valence-electron chi connectivity index (χ4n) is 2.81. The number of esters is 1. The van der Waals surface area contributed by atoms with Gasteiger partial charge in [0.2, 0.25) is 0 Å². The molecule has 0 amide bonds. The van der Waals surface area contributed by atoms with E-state index >= 15 is 0 Å². The van der Waals surface area contributed by atoms with Crippen molar-refractivity contribution in [3.05, 3.63) is 83.4 Å². The Kier molecular flexibility index (Phi) is 5.24. The first-order chi connectivity index (χ1) is 12.2. The van der Waals surface area contributed by atoms with Gasteiger partial charge >= 0.3 is 5.97 Å². The van der Waals surface area contributed by atoms with Gasteiger partial charge in [0.15, 0.2) is 5.78 Å². The lowest BCUT2D eigenvalue weighted by atomic mass is 9.92. The molecule has 0 N–H and O–H groups in total. The molecule has 3 rings (SSSR count). The Morgan fingerprint density at radius 2 is 1.60 bits per heavy atom. The zero-order valence-corrected chi connectivity index (χ0v) is 14.2. The van der Waals surface area contributed by atoms with Crippen molar-refractivity contribution in [2.24, 2.45) is 0 Å². The van der Waals surface area contributed by atoms with Crippen molar-refractivity contribution in [3.8, 4) is 0 Å². The van der Waals surface area contributed by atoms with Gasteiger partial charge in [-0.1, -0.05) is 74.0 Å². The molecule has 0 fully saturated rings. The first kappa shape index (κ1) is 16.9. The Bertz CT molecular complexity index is 898. The number of carbonyl (C=O) groups is 2. The lowest BCUT2D eigenvalue weighted by molar-refractivity contribution is 0.0497. The Hall–Kier alpha value is -2.94. The molecule has 0 aliphatic carbocycles. The predicted octanol–water partition coefficient (Wildman–Crippen LogP) is 5.03. The van der Waals surface area contributed by atoms with E-state index in [0.717, 1.165) is 23.6 Å². The number of carbonyl (C=O) groups excluding carboxylic acids is 2. The zero-order chi connectivity index (χ0) is 17.6. The van der Waals surface area contributed by atoms with Gasteiger partial charge in [0.1, 0.15) is 0 Å². The van der Waals surface area contributed by atoms with Crippen LogP contribution >= 0.6 is 0 Å². The molecule has 0 saturated heterocycles. The first-order valence-corrected chi connectivity index (χ1v) is 8.51. The summed E-state index contributed by atoms with van der Waals surface area (Å²) in [4.78, 5) is 25.7.